The van der Waals surface area contributed by atoms with E-state index in [4.69, 9.17) is 5.11 Å². The standard InChI is InChI=1S/C13H17NO6S/c1-20-7-8-21(18,19)10-12(15)14(9-13(16)17)11-5-3-2-4-6-11/h2-6H,7-10H2,1H3,(H,16,17). The lowest BCUT2D eigenvalue weighted by molar-refractivity contribution is -0.136. The van der Waals surface area contributed by atoms with Gasteiger partial charge in [-0.05, 0) is 12.1 Å². The highest BCUT2D eigenvalue weighted by Gasteiger charge is 2.24. The number of sulfone groups is 1. The average Bonchev–Trinajstić information content (AvgIpc) is 2.43. The maximum Gasteiger partial charge on any atom is 0.323 e. The molecule has 0 saturated carbocycles. The van der Waals surface area contributed by atoms with Crippen molar-refractivity contribution in [1.82, 2.24) is 0 Å². The summed E-state index contributed by atoms with van der Waals surface area (Å²) in [7, 11) is -2.28. The number of methoxy groups -OCH3 is 1. The Hall–Kier alpha value is -1.93. The quantitative estimate of drug-likeness (QED) is 0.733. The smallest absolute Gasteiger partial charge is 0.323 e. The fraction of sp³-hybridized carbons (Fsp3) is 0.385. The predicted molar refractivity (Wildman–Crippen MR) is 77.0 cm³/mol. The van der Waals surface area contributed by atoms with Crippen LogP contribution in [0, 0.1) is 0 Å². The van der Waals surface area contributed by atoms with Crippen molar-refractivity contribution in [2.24, 2.45) is 0 Å². The molecule has 0 aliphatic heterocycles. The van der Waals surface area contributed by atoms with Gasteiger partial charge in [0.25, 0.3) is 0 Å². The number of para-hydroxylation sites is 1. The number of amides is 1. The van der Waals surface area contributed by atoms with E-state index < -0.39 is 34.0 Å². The van der Waals surface area contributed by atoms with Crippen LogP contribution < -0.4 is 4.90 Å². The van der Waals surface area contributed by atoms with Gasteiger partial charge >= 0.3 is 5.97 Å². The van der Waals surface area contributed by atoms with Gasteiger partial charge < -0.3 is 14.7 Å². The van der Waals surface area contributed by atoms with Crippen LogP contribution in [0.2, 0.25) is 0 Å². The van der Waals surface area contributed by atoms with E-state index in [1.165, 1.54) is 7.11 Å². The fourth-order valence-electron chi connectivity index (χ4n) is 1.62. The van der Waals surface area contributed by atoms with Crippen LogP contribution >= 0.6 is 0 Å². The van der Waals surface area contributed by atoms with Crippen LogP contribution in [-0.4, -0.2) is 57.2 Å². The number of carboxylic acids is 1. The van der Waals surface area contributed by atoms with Crippen molar-refractivity contribution in [2.75, 3.05) is 36.7 Å². The molecule has 1 aromatic rings. The number of rotatable bonds is 8. The van der Waals surface area contributed by atoms with Crippen molar-refractivity contribution in [3.05, 3.63) is 30.3 Å². The van der Waals surface area contributed by atoms with Gasteiger partial charge in [-0.2, -0.15) is 0 Å². The summed E-state index contributed by atoms with van der Waals surface area (Å²) in [6.07, 6.45) is 0. The van der Waals surface area contributed by atoms with Crippen LogP contribution in [0.3, 0.4) is 0 Å². The Bertz CT molecular complexity index is 584. The first-order valence-corrected chi connectivity index (χ1v) is 7.94. The zero-order chi connectivity index (χ0) is 15.9. The molecule has 0 aromatic heterocycles. The number of carbonyl (C=O) groups is 2. The third-order valence-electron chi connectivity index (χ3n) is 2.60. The second-order valence-electron chi connectivity index (χ2n) is 4.29. The van der Waals surface area contributed by atoms with Crippen molar-refractivity contribution >= 4 is 27.4 Å². The van der Waals surface area contributed by atoms with Gasteiger partial charge in [-0.15, -0.1) is 0 Å². The van der Waals surface area contributed by atoms with E-state index >= 15 is 0 Å². The molecule has 1 aromatic carbocycles. The Morgan fingerprint density at radius 3 is 2.38 bits per heavy atom. The van der Waals surface area contributed by atoms with Crippen LogP contribution in [0.4, 0.5) is 5.69 Å². The SMILES string of the molecule is COCCS(=O)(=O)CC(=O)N(CC(=O)O)c1ccccc1. The Morgan fingerprint density at radius 1 is 1.24 bits per heavy atom. The topological polar surface area (TPSA) is 101 Å². The van der Waals surface area contributed by atoms with Gasteiger partial charge in [0.15, 0.2) is 9.84 Å². The number of hydrogen-bond acceptors (Lipinski definition) is 5. The summed E-state index contributed by atoms with van der Waals surface area (Å²) in [6.45, 7) is -0.609. The minimum Gasteiger partial charge on any atom is -0.480 e. The molecule has 0 bridgehead atoms. The van der Waals surface area contributed by atoms with Gasteiger partial charge in [0.05, 0.1) is 12.4 Å². The molecule has 1 N–H and O–H groups in total. The van der Waals surface area contributed by atoms with Crippen molar-refractivity contribution in [3.63, 3.8) is 0 Å². The zero-order valence-electron chi connectivity index (χ0n) is 11.6. The summed E-state index contributed by atoms with van der Waals surface area (Å²) in [5.41, 5.74) is 0.340. The first-order valence-electron chi connectivity index (χ1n) is 6.12. The van der Waals surface area contributed by atoms with Gasteiger partial charge in [0.2, 0.25) is 5.91 Å². The van der Waals surface area contributed by atoms with E-state index in [0.717, 1.165) is 4.90 Å². The fourth-order valence-corrected chi connectivity index (χ4v) is 2.71. The van der Waals surface area contributed by atoms with Crippen molar-refractivity contribution in [3.8, 4) is 0 Å². The van der Waals surface area contributed by atoms with Gasteiger partial charge in [-0.3, -0.25) is 9.59 Å². The molecule has 0 aliphatic carbocycles. The van der Waals surface area contributed by atoms with Gasteiger partial charge in [-0.1, -0.05) is 18.2 Å². The lowest BCUT2D eigenvalue weighted by atomic mass is 10.3. The second kappa shape index (κ2) is 7.75. The maximum atomic E-state index is 12.1. The summed E-state index contributed by atoms with van der Waals surface area (Å²) >= 11 is 0. The Balaban J connectivity index is 2.89. The van der Waals surface area contributed by atoms with Gasteiger partial charge in [0.1, 0.15) is 12.3 Å². The highest BCUT2D eigenvalue weighted by molar-refractivity contribution is 7.92. The minimum absolute atomic E-state index is 0.0140. The zero-order valence-corrected chi connectivity index (χ0v) is 12.4. The van der Waals surface area contributed by atoms with Crippen LogP contribution in [0.1, 0.15) is 0 Å². The van der Waals surface area contributed by atoms with E-state index in [-0.39, 0.29) is 12.4 Å². The number of nitrogens with zero attached hydrogens (tertiary/aromatic N) is 1. The van der Waals surface area contributed by atoms with E-state index in [0.29, 0.717) is 5.69 Å². The molecule has 116 valence electrons. The monoisotopic (exact) mass is 315 g/mol. The molecule has 8 heteroatoms. The molecule has 0 saturated heterocycles. The van der Waals surface area contributed by atoms with E-state index in [9.17, 15) is 18.0 Å². The molecule has 1 amide bonds. The molecule has 21 heavy (non-hydrogen) atoms. The summed E-state index contributed by atoms with van der Waals surface area (Å²) in [5, 5.41) is 8.87. The normalized spacial score (nSPS) is 11.1. The third-order valence-corrected chi connectivity index (χ3v) is 4.08. The highest BCUT2D eigenvalue weighted by atomic mass is 32.2. The number of aliphatic carboxylic acids is 1. The van der Waals surface area contributed by atoms with E-state index in [1.807, 2.05) is 0 Å². The molecule has 1 rings (SSSR count). The van der Waals surface area contributed by atoms with Crippen molar-refractivity contribution in [2.45, 2.75) is 0 Å². The number of ether oxygens (including phenoxy) is 1. The molecular weight excluding hydrogens is 298 g/mol. The summed E-state index contributed by atoms with van der Waals surface area (Å²) in [5.74, 6) is -3.04. The van der Waals surface area contributed by atoms with E-state index in [1.54, 1.807) is 30.3 Å². The predicted octanol–water partition coefficient (Wildman–Crippen LogP) is 0.165. The van der Waals surface area contributed by atoms with Gasteiger partial charge in [-0.25, -0.2) is 8.42 Å². The van der Waals surface area contributed by atoms with Crippen LogP contribution in [0.5, 0.6) is 0 Å². The molecular formula is C13H17NO6S. The largest absolute Gasteiger partial charge is 0.480 e. The first-order chi connectivity index (χ1) is 9.85. The molecule has 0 fully saturated rings. The van der Waals surface area contributed by atoms with Gasteiger partial charge in [0, 0.05) is 12.8 Å². The molecule has 0 heterocycles. The maximum absolute atomic E-state index is 12.1. The number of carboxylic acid groups (broad SMARTS) is 1. The second-order valence-corrected chi connectivity index (χ2v) is 6.48. The number of benzene rings is 1. The molecule has 0 atom stereocenters. The van der Waals surface area contributed by atoms with Crippen molar-refractivity contribution in [1.29, 1.82) is 0 Å². The van der Waals surface area contributed by atoms with Crippen LogP contribution in [0.25, 0.3) is 0 Å². The summed E-state index contributed by atoms with van der Waals surface area (Å²) in [6, 6.07) is 8.07. The summed E-state index contributed by atoms with van der Waals surface area (Å²) < 4.78 is 28.2. The molecule has 0 radical (unpaired) electrons. The average molecular weight is 315 g/mol. The number of carbonyl (C=O) groups excluding carboxylic acids is 1. The number of anilines is 1. The third kappa shape index (κ3) is 5.92. The molecule has 0 spiro atoms. The lowest BCUT2D eigenvalue weighted by Gasteiger charge is -2.20. The number of hydrogen-bond donors (Lipinski definition) is 1. The molecule has 0 unspecified atom stereocenters. The molecule has 0 aliphatic rings. The molecule has 7 nitrogen and oxygen atoms in total. The van der Waals surface area contributed by atoms with Crippen molar-refractivity contribution < 1.29 is 27.9 Å². The summed E-state index contributed by atoms with van der Waals surface area (Å²) in [4.78, 5) is 23.9. The Kier molecular flexibility index (Phi) is 6.32. The van der Waals surface area contributed by atoms with Crippen LogP contribution in [0.15, 0.2) is 30.3 Å². The first kappa shape index (κ1) is 17.1. The Morgan fingerprint density at radius 2 is 1.86 bits per heavy atom. The van der Waals surface area contributed by atoms with E-state index in [2.05, 4.69) is 4.74 Å². The lowest BCUT2D eigenvalue weighted by Crippen LogP contribution is -2.40. The Labute approximate surface area is 123 Å². The van der Waals surface area contributed by atoms with Crippen LogP contribution in [-0.2, 0) is 24.2 Å². The minimum atomic E-state index is -3.64. The highest BCUT2D eigenvalue weighted by Crippen LogP contribution is 2.14.